The Hall–Kier alpha value is -2.62. The average molecular weight is 458 g/mol. The summed E-state index contributed by atoms with van der Waals surface area (Å²) >= 11 is 11.9. The van der Waals surface area contributed by atoms with Gasteiger partial charge in [0.05, 0.1) is 19.9 Å². The maximum absolute atomic E-state index is 11.9. The van der Waals surface area contributed by atoms with E-state index in [0.29, 0.717) is 15.6 Å². The van der Waals surface area contributed by atoms with Crippen LogP contribution in [0.5, 0.6) is 0 Å². The van der Waals surface area contributed by atoms with Crippen LogP contribution in [0.2, 0.25) is 10.0 Å². The summed E-state index contributed by atoms with van der Waals surface area (Å²) in [5, 5.41) is 17.3. The number of nitrogens with zero attached hydrogens (tertiary/aromatic N) is 1. The summed E-state index contributed by atoms with van der Waals surface area (Å²) in [5.74, 6) is -0.384. The van der Waals surface area contributed by atoms with Gasteiger partial charge in [-0.1, -0.05) is 35.3 Å². The highest BCUT2D eigenvalue weighted by Gasteiger charge is 2.18. The van der Waals surface area contributed by atoms with Gasteiger partial charge in [-0.2, -0.15) is 0 Å². The molecule has 29 heavy (non-hydrogen) atoms. The summed E-state index contributed by atoms with van der Waals surface area (Å²) in [7, 11) is -3.56. The first-order chi connectivity index (χ1) is 13.6. The number of rotatable bonds is 8. The second kappa shape index (κ2) is 9.73. The summed E-state index contributed by atoms with van der Waals surface area (Å²) in [5.41, 5.74) is 0.377. The van der Waals surface area contributed by atoms with Gasteiger partial charge in [0.15, 0.2) is 9.84 Å². The highest BCUT2D eigenvalue weighted by molar-refractivity contribution is 7.90. The van der Waals surface area contributed by atoms with Crippen molar-refractivity contribution in [1.82, 2.24) is 5.32 Å². The van der Waals surface area contributed by atoms with Gasteiger partial charge in [-0.25, -0.2) is 8.42 Å². The van der Waals surface area contributed by atoms with Crippen LogP contribution in [0.3, 0.4) is 0 Å². The minimum atomic E-state index is -3.56. The third-order valence-electron chi connectivity index (χ3n) is 3.73. The van der Waals surface area contributed by atoms with Crippen LogP contribution in [0, 0.1) is 10.1 Å². The lowest BCUT2D eigenvalue weighted by molar-refractivity contribution is -0.384. The molecule has 0 aliphatic heterocycles. The zero-order valence-corrected chi connectivity index (χ0v) is 17.5. The Morgan fingerprint density at radius 3 is 2.59 bits per heavy atom. The van der Waals surface area contributed by atoms with E-state index in [1.165, 1.54) is 24.3 Å². The number of amides is 1. The summed E-state index contributed by atoms with van der Waals surface area (Å²) < 4.78 is 23.1. The highest BCUT2D eigenvalue weighted by atomic mass is 35.5. The van der Waals surface area contributed by atoms with Gasteiger partial charge in [-0.05, 0) is 29.8 Å². The second-order valence-corrected chi connectivity index (χ2v) is 8.70. The average Bonchev–Trinajstić information content (AvgIpc) is 2.65. The van der Waals surface area contributed by atoms with Crippen LogP contribution >= 0.6 is 23.2 Å². The molecule has 0 spiro atoms. The van der Waals surface area contributed by atoms with Crippen LogP contribution in [0.1, 0.15) is 5.56 Å². The molecule has 0 atom stereocenters. The number of nitro benzene ring substituents is 1. The molecule has 2 rings (SSSR count). The highest BCUT2D eigenvalue weighted by Crippen LogP contribution is 2.27. The number of carbonyl (C=O) groups is 1. The Labute approximate surface area is 177 Å². The van der Waals surface area contributed by atoms with Gasteiger partial charge in [-0.15, -0.1) is 0 Å². The van der Waals surface area contributed by atoms with Gasteiger partial charge in [-0.3, -0.25) is 14.9 Å². The van der Waals surface area contributed by atoms with Crippen molar-refractivity contribution in [2.75, 3.05) is 24.7 Å². The number of anilines is 1. The van der Waals surface area contributed by atoms with Crippen molar-refractivity contribution in [2.24, 2.45) is 0 Å². The van der Waals surface area contributed by atoms with Gasteiger partial charge in [0, 0.05) is 31.5 Å². The summed E-state index contributed by atoms with van der Waals surface area (Å²) in [6.07, 6.45) is 3.78. The lowest BCUT2D eigenvalue weighted by Gasteiger charge is -2.08. The molecule has 0 bridgehead atoms. The lowest BCUT2D eigenvalue weighted by atomic mass is 10.2. The zero-order chi connectivity index (χ0) is 21.6. The van der Waals surface area contributed by atoms with Crippen molar-refractivity contribution in [3.63, 3.8) is 0 Å². The molecule has 2 N–H and O–H groups in total. The molecule has 0 unspecified atom stereocenters. The monoisotopic (exact) mass is 457 g/mol. The van der Waals surface area contributed by atoms with Crippen LogP contribution in [0.15, 0.2) is 47.4 Å². The van der Waals surface area contributed by atoms with Gasteiger partial charge in [0.25, 0.3) is 5.69 Å². The van der Waals surface area contributed by atoms with Crippen molar-refractivity contribution in [2.45, 2.75) is 4.90 Å². The smallest absolute Gasteiger partial charge is 0.293 e. The molecule has 8 nitrogen and oxygen atoms in total. The number of hydrogen-bond donors (Lipinski definition) is 2. The van der Waals surface area contributed by atoms with Gasteiger partial charge in [0.1, 0.15) is 5.69 Å². The van der Waals surface area contributed by atoms with E-state index in [0.717, 1.165) is 12.3 Å². The lowest BCUT2D eigenvalue weighted by Crippen LogP contribution is -2.27. The zero-order valence-electron chi connectivity index (χ0n) is 15.2. The molecule has 0 fully saturated rings. The fourth-order valence-corrected chi connectivity index (χ4v) is 3.31. The Bertz CT molecular complexity index is 1070. The van der Waals surface area contributed by atoms with E-state index in [1.807, 2.05) is 0 Å². The van der Waals surface area contributed by atoms with E-state index in [1.54, 1.807) is 18.2 Å². The number of hydrogen-bond acceptors (Lipinski definition) is 6. The minimum absolute atomic E-state index is 0.145. The summed E-state index contributed by atoms with van der Waals surface area (Å²) in [6.45, 7) is 0.369. The van der Waals surface area contributed by atoms with E-state index in [-0.39, 0.29) is 35.3 Å². The van der Waals surface area contributed by atoms with Crippen molar-refractivity contribution >= 4 is 56.4 Å². The van der Waals surface area contributed by atoms with Crippen LogP contribution < -0.4 is 10.6 Å². The molecule has 0 radical (unpaired) electrons. The van der Waals surface area contributed by atoms with E-state index in [2.05, 4.69) is 10.6 Å². The molecule has 0 aliphatic rings. The normalized spacial score (nSPS) is 11.4. The first kappa shape index (κ1) is 22.7. The Morgan fingerprint density at radius 2 is 1.93 bits per heavy atom. The third-order valence-corrected chi connectivity index (χ3v) is 5.67. The van der Waals surface area contributed by atoms with E-state index < -0.39 is 14.8 Å². The largest absolute Gasteiger partial charge is 0.378 e. The van der Waals surface area contributed by atoms with Crippen LogP contribution in [-0.2, 0) is 14.6 Å². The number of carbonyl (C=O) groups excluding carboxylic acids is 1. The molecule has 0 saturated heterocycles. The molecule has 0 aromatic heterocycles. The van der Waals surface area contributed by atoms with Gasteiger partial charge < -0.3 is 10.6 Å². The molecular formula is C18H17Cl2N3O5S. The number of halogens is 2. The molecule has 11 heteroatoms. The Morgan fingerprint density at radius 1 is 1.21 bits per heavy atom. The third kappa shape index (κ3) is 6.45. The number of sulfone groups is 1. The fourth-order valence-electron chi connectivity index (χ4n) is 2.30. The SMILES string of the molecule is CS(=O)(=O)c1ccc(NCCNC(=O)/C=C/c2cccc(Cl)c2Cl)c([N+](=O)[O-])c1. The summed E-state index contributed by atoms with van der Waals surface area (Å²) in [4.78, 5) is 22.2. The molecule has 1 amide bonds. The van der Waals surface area contributed by atoms with Gasteiger partial charge >= 0.3 is 0 Å². The summed E-state index contributed by atoms with van der Waals surface area (Å²) in [6, 6.07) is 8.64. The maximum atomic E-state index is 11.9. The van der Waals surface area contributed by atoms with Crippen LogP contribution in [-0.4, -0.2) is 38.6 Å². The van der Waals surface area contributed by atoms with E-state index in [9.17, 15) is 23.3 Å². The van der Waals surface area contributed by atoms with Crippen LogP contribution in [0.25, 0.3) is 6.08 Å². The van der Waals surface area contributed by atoms with Crippen molar-refractivity contribution < 1.29 is 18.1 Å². The van der Waals surface area contributed by atoms with Crippen LogP contribution in [0.4, 0.5) is 11.4 Å². The topological polar surface area (TPSA) is 118 Å². The molecule has 0 heterocycles. The molecule has 2 aromatic carbocycles. The quantitative estimate of drug-likeness (QED) is 0.270. The first-order valence-corrected chi connectivity index (χ1v) is 10.9. The molecule has 2 aromatic rings. The number of benzene rings is 2. The van der Waals surface area contributed by atoms with E-state index >= 15 is 0 Å². The van der Waals surface area contributed by atoms with Crippen molar-refractivity contribution in [1.29, 1.82) is 0 Å². The Balaban J connectivity index is 1.93. The van der Waals surface area contributed by atoms with Gasteiger partial charge in [0.2, 0.25) is 5.91 Å². The molecular weight excluding hydrogens is 441 g/mol. The molecule has 0 saturated carbocycles. The minimum Gasteiger partial charge on any atom is -0.378 e. The van der Waals surface area contributed by atoms with Crippen molar-refractivity contribution in [3.8, 4) is 0 Å². The predicted octanol–water partition coefficient (Wildman–Crippen LogP) is 3.55. The number of nitro groups is 1. The molecule has 0 aliphatic carbocycles. The molecule has 154 valence electrons. The van der Waals surface area contributed by atoms with E-state index in [4.69, 9.17) is 23.2 Å². The first-order valence-electron chi connectivity index (χ1n) is 8.22. The predicted molar refractivity (Wildman–Crippen MR) is 113 cm³/mol. The maximum Gasteiger partial charge on any atom is 0.293 e. The standard InChI is InChI=1S/C18H17Cl2N3O5S/c1-29(27,28)13-6-7-15(16(11-13)23(25)26)21-9-10-22-17(24)8-5-12-3-2-4-14(19)18(12)20/h2-8,11,21H,9-10H2,1H3,(H,22,24)/b8-5+. The number of nitrogens with one attached hydrogen (secondary N) is 2. The Kier molecular flexibility index (Phi) is 7.60. The fraction of sp³-hybridized carbons (Fsp3) is 0.167. The second-order valence-electron chi connectivity index (χ2n) is 5.90. The van der Waals surface area contributed by atoms with Crippen molar-refractivity contribution in [3.05, 3.63) is 68.2 Å².